The van der Waals surface area contributed by atoms with E-state index in [2.05, 4.69) is 10.1 Å². The molecule has 1 N–H and O–H groups in total. The number of carbonyl (C=O) groups is 3. The van der Waals surface area contributed by atoms with Crippen molar-refractivity contribution in [1.82, 2.24) is 10.2 Å². The van der Waals surface area contributed by atoms with E-state index in [-0.39, 0.29) is 41.1 Å². The van der Waals surface area contributed by atoms with Crippen LogP contribution in [0.1, 0.15) is 25.7 Å². The maximum atomic E-state index is 11.9. The highest BCUT2D eigenvalue weighted by atomic mass is 35.5. The number of ether oxygens (including phenoxy) is 1. The molecule has 0 bridgehead atoms. The summed E-state index contributed by atoms with van der Waals surface area (Å²) in [5, 5.41) is 3.17. The second kappa shape index (κ2) is 7.35. The molecule has 0 radical (unpaired) electrons. The van der Waals surface area contributed by atoms with Gasteiger partial charge >= 0.3 is 12.0 Å². The van der Waals surface area contributed by atoms with Gasteiger partial charge in [-0.15, -0.1) is 11.6 Å². The number of rotatable bonds is 6. The first kappa shape index (κ1) is 16.4. The molecule has 1 unspecified atom stereocenters. The number of urea groups is 1. The van der Waals surface area contributed by atoms with Crippen LogP contribution in [0.25, 0.3) is 0 Å². The van der Waals surface area contributed by atoms with Crippen LogP contribution in [0.2, 0.25) is 0 Å². The number of nitrogens with zero attached hydrogens (tertiary/aromatic N) is 1. The molecule has 3 amide bonds. The summed E-state index contributed by atoms with van der Waals surface area (Å²) in [5.74, 6) is 0.0346. The predicted molar refractivity (Wildman–Crippen MR) is 80.4 cm³/mol. The van der Waals surface area contributed by atoms with Crippen LogP contribution in [0.15, 0.2) is 0 Å². The first-order valence-corrected chi connectivity index (χ1v) is 8.53. The van der Waals surface area contributed by atoms with Crippen LogP contribution < -0.4 is 5.32 Å². The van der Waals surface area contributed by atoms with Gasteiger partial charge in [0.05, 0.1) is 19.2 Å². The topological polar surface area (TPSA) is 75.7 Å². The van der Waals surface area contributed by atoms with E-state index in [1.807, 2.05) is 0 Å². The largest absolute Gasteiger partial charge is 0.469 e. The fourth-order valence-electron chi connectivity index (χ4n) is 2.81. The molecule has 0 aromatic heterocycles. The van der Waals surface area contributed by atoms with Gasteiger partial charge < -0.3 is 10.1 Å². The Morgan fingerprint density at radius 2 is 2.24 bits per heavy atom. The Bertz CT molecular complexity index is 434. The quantitative estimate of drug-likeness (QED) is 0.343. The Morgan fingerprint density at radius 3 is 2.90 bits per heavy atom. The molecule has 2 rings (SSSR count). The number of hydrogen-bond acceptors (Lipinski definition) is 5. The van der Waals surface area contributed by atoms with E-state index in [0.29, 0.717) is 6.42 Å². The smallest absolute Gasteiger partial charge is 0.324 e. The second-order valence-electron chi connectivity index (χ2n) is 5.13. The summed E-state index contributed by atoms with van der Waals surface area (Å²) in [6.07, 6.45) is 3.01. The zero-order chi connectivity index (χ0) is 15.4. The van der Waals surface area contributed by atoms with Gasteiger partial charge in [0, 0.05) is 17.4 Å². The number of imide groups is 1. The zero-order valence-electron chi connectivity index (χ0n) is 11.8. The highest BCUT2D eigenvalue weighted by Gasteiger charge is 2.49. The van der Waals surface area contributed by atoms with Crippen LogP contribution in [0.4, 0.5) is 4.79 Å². The van der Waals surface area contributed by atoms with Crippen LogP contribution in [0.3, 0.4) is 0 Å². The van der Waals surface area contributed by atoms with E-state index in [4.69, 9.17) is 11.6 Å². The maximum Gasteiger partial charge on any atom is 0.324 e. The Labute approximate surface area is 132 Å². The fraction of sp³-hybridized carbons (Fsp3) is 0.769. The van der Waals surface area contributed by atoms with Gasteiger partial charge in [-0.05, 0) is 12.8 Å². The van der Waals surface area contributed by atoms with E-state index in [9.17, 15) is 14.4 Å². The maximum absolute atomic E-state index is 11.9. The van der Waals surface area contributed by atoms with Crippen molar-refractivity contribution in [2.75, 3.05) is 18.7 Å². The molecular weight excluding hydrogens is 316 g/mol. The molecule has 6 nitrogen and oxygen atoms in total. The van der Waals surface area contributed by atoms with Gasteiger partial charge in [0.2, 0.25) is 5.91 Å². The minimum atomic E-state index is -0.339. The lowest BCUT2D eigenvalue weighted by Gasteiger charge is -2.19. The third-order valence-electron chi connectivity index (χ3n) is 3.87. The number of unbranched alkanes of at least 4 members (excludes halogenated alkanes) is 1. The minimum Gasteiger partial charge on any atom is -0.469 e. The van der Waals surface area contributed by atoms with Crippen molar-refractivity contribution in [3.63, 3.8) is 0 Å². The number of methoxy groups -OCH3 is 1. The zero-order valence-corrected chi connectivity index (χ0v) is 13.4. The van der Waals surface area contributed by atoms with Crippen LogP contribution >= 0.6 is 23.4 Å². The van der Waals surface area contributed by atoms with Gasteiger partial charge in [-0.1, -0.05) is 6.42 Å². The van der Waals surface area contributed by atoms with Crippen molar-refractivity contribution >= 4 is 41.3 Å². The monoisotopic (exact) mass is 334 g/mol. The molecule has 118 valence electrons. The summed E-state index contributed by atoms with van der Waals surface area (Å²) in [7, 11) is 1.39. The summed E-state index contributed by atoms with van der Waals surface area (Å²) in [6.45, 7) is 0. The van der Waals surface area contributed by atoms with Gasteiger partial charge in [-0.3, -0.25) is 14.5 Å². The third kappa shape index (κ3) is 3.63. The van der Waals surface area contributed by atoms with Gasteiger partial charge in [-0.2, -0.15) is 11.8 Å². The Kier molecular flexibility index (Phi) is 5.75. The summed E-state index contributed by atoms with van der Waals surface area (Å²) in [5.41, 5.74) is 0. The minimum absolute atomic E-state index is 0.00667. The fourth-order valence-corrected chi connectivity index (χ4v) is 4.53. The molecule has 0 aliphatic carbocycles. The number of amides is 3. The molecule has 2 saturated heterocycles. The van der Waals surface area contributed by atoms with E-state index in [1.54, 1.807) is 11.8 Å². The molecule has 0 saturated carbocycles. The van der Waals surface area contributed by atoms with Crippen molar-refractivity contribution in [3.05, 3.63) is 0 Å². The van der Waals surface area contributed by atoms with E-state index in [1.165, 1.54) is 12.0 Å². The van der Waals surface area contributed by atoms with Gasteiger partial charge in [-0.25, -0.2) is 4.79 Å². The molecule has 2 heterocycles. The number of fused-ring (bicyclic) bond motifs is 1. The van der Waals surface area contributed by atoms with Crippen LogP contribution in [0.5, 0.6) is 0 Å². The third-order valence-corrected chi connectivity index (χ3v) is 5.59. The summed E-state index contributed by atoms with van der Waals surface area (Å²) < 4.78 is 4.60. The number of halogens is 1. The normalized spacial score (nSPS) is 27.4. The lowest BCUT2D eigenvalue weighted by molar-refractivity contribution is -0.140. The van der Waals surface area contributed by atoms with Gasteiger partial charge in [0.25, 0.3) is 0 Å². The Morgan fingerprint density at radius 1 is 1.48 bits per heavy atom. The number of thioether (sulfide) groups is 1. The standard InChI is InChI=1S/C13H19ClN2O4S/c1-20-11(18)5-3-2-4-9-12-8(7-21-9)16(10(17)6-14)13(19)15-12/h8-9,12H,2-7H2,1H3,(H,15,19)/t8?,9-,12-/m0/s1. The van der Waals surface area contributed by atoms with Crippen molar-refractivity contribution in [3.8, 4) is 0 Å². The van der Waals surface area contributed by atoms with Crippen LogP contribution in [-0.2, 0) is 14.3 Å². The van der Waals surface area contributed by atoms with Crippen molar-refractivity contribution in [1.29, 1.82) is 0 Å². The average molecular weight is 335 g/mol. The molecule has 2 aliphatic heterocycles. The first-order chi connectivity index (χ1) is 10.1. The van der Waals surface area contributed by atoms with Crippen LogP contribution in [-0.4, -0.2) is 58.9 Å². The summed E-state index contributed by atoms with van der Waals surface area (Å²) in [6, 6.07) is -0.442. The number of alkyl halides is 1. The summed E-state index contributed by atoms with van der Waals surface area (Å²) >= 11 is 7.31. The molecule has 0 spiro atoms. The molecule has 2 fully saturated rings. The number of esters is 1. The number of nitrogens with one attached hydrogen (secondary N) is 1. The molecule has 0 aromatic rings. The molecule has 8 heteroatoms. The number of carbonyl (C=O) groups excluding carboxylic acids is 3. The molecule has 2 aliphatic rings. The van der Waals surface area contributed by atoms with E-state index < -0.39 is 0 Å². The highest BCUT2D eigenvalue weighted by Crippen LogP contribution is 2.37. The van der Waals surface area contributed by atoms with Crippen molar-refractivity contribution in [2.24, 2.45) is 0 Å². The lowest BCUT2D eigenvalue weighted by Crippen LogP contribution is -2.42. The lowest BCUT2D eigenvalue weighted by atomic mass is 10.0. The second-order valence-corrected chi connectivity index (χ2v) is 6.67. The SMILES string of the molecule is COC(=O)CCCC[C@@H]1SCC2[C@@H]1NC(=O)N2C(=O)CCl. The van der Waals surface area contributed by atoms with Crippen molar-refractivity contribution in [2.45, 2.75) is 43.0 Å². The molecular formula is C13H19ClN2O4S. The average Bonchev–Trinajstić information content (AvgIpc) is 3.00. The number of hydrogen-bond donors (Lipinski definition) is 1. The van der Waals surface area contributed by atoms with E-state index in [0.717, 1.165) is 25.0 Å². The first-order valence-electron chi connectivity index (χ1n) is 6.95. The van der Waals surface area contributed by atoms with Crippen LogP contribution in [0, 0.1) is 0 Å². The van der Waals surface area contributed by atoms with E-state index >= 15 is 0 Å². The van der Waals surface area contributed by atoms with Gasteiger partial charge in [0.15, 0.2) is 0 Å². The van der Waals surface area contributed by atoms with Gasteiger partial charge in [0.1, 0.15) is 5.88 Å². The Balaban J connectivity index is 1.82. The molecule has 0 aromatic carbocycles. The predicted octanol–water partition coefficient (Wildman–Crippen LogP) is 1.36. The molecule has 21 heavy (non-hydrogen) atoms. The Hall–Kier alpha value is -0.950. The highest BCUT2D eigenvalue weighted by molar-refractivity contribution is 8.00. The van der Waals surface area contributed by atoms with Crippen molar-refractivity contribution < 1.29 is 19.1 Å². The summed E-state index contributed by atoms with van der Waals surface area (Å²) in [4.78, 5) is 35.9. The molecule has 3 atom stereocenters.